The molecule has 126 valence electrons. The summed E-state index contributed by atoms with van der Waals surface area (Å²) in [5.74, 6) is -0.478. The second kappa shape index (κ2) is 8.15. The average molecular weight is 327 g/mol. The average Bonchev–Trinajstić information content (AvgIpc) is 2.53. The molecule has 2 N–H and O–H groups in total. The zero-order valence-corrected chi connectivity index (χ0v) is 13.8. The van der Waals surface area contributed by atoms with Crippen molar-refractivity contribution in [1.29, 1.82) is 0 Å². The van der Waals surface area contributed by atoms with Gasteiger partial charge < -0.3 is 15.2 Å². The predicted molar refractivity (Wildman–Crippen MR) is 92.7 cm³/mol. The molecule has 0 radical (unpaired) electrons. The predicted octanol–water partition coefficient (Wildman–Crippen LogP) is 3.80. The molecule has 0 aliphatic rings. The number of para-hydroxylation sites is 1. The van der Waals surface area contributed by atoms with Crippen LogP contribution in [0.4, 0.5) is 5.69 Å². The van der Waals surface area contributed by atoms with Crippen molar-refractivity contribution in [3.05, 3.63) is 59.2 Å². The highest BCUT2D eigenvalue weighted by Gasteiger charge is 2.11. The minimum Gasteiger partial charge on any atom is -0.493 e. The molecule has 0 saturated carbocycles. The lowest BCUT2D eigenvalue weighted by Crippen LogP contribution is -2.15. The summed E-state index contributed by atoms with van der Waals surface area (Å²) in [5, 5.41) is 11.7. The van der Waals surface area contributed by atoms with E-state index >= 15 is 0 Å². The molecule has 24 heavy (non-hydrogen) atoms. The fraction of sp³-hybridized carbons (Fsp3) is 0.263. The number of anilines is 1. The molecule has 0 aliphatic heterocycles. The number of hydrogen-bond donors (Lipinski definition) is 2. The maximum absolute atomic E-state index is 12.0. The molecule has 0 fully saturated rings. The molecule has 5 nitrogen and oxygen atoms in total. The van der Waals surface area contributed by atoms with E-state index in [2.05, 4.69) is 5.32 Å². The number of carboxylic acids is 1. The van der Waals surface area contributed by atoms with E-state index in [0.717, 1.165) is 11.3 Å². The Morgan fingerprint density at radius 2 is 1.88 bits per heavy atom. The molecule has 0 aliphatic carbocycles. The van der Waals surface area contributed by atoms with Gasteiger partial charge in [0.05, 0.1) is 17.9 Å². The summed E-state index contributed by atoms with van der Waals surface area (Å²) in [5.41, 5.74) is 2.63. The Labute approximate surface area is 141 Å². The largest absolute Gasteiger partial charge is 0.493 e. The lowest BCUT2D eigenvalue weighted by atomic mass is 10.1. The van der Waals surface area contributed by atoms with Crippen molar-refractivity contribution in [2.24, 2.45) is 0 Å². The van der Waals surface area contributed by atoms with Crippen LogP contribution >= 0.6 is 0 Å². The molecule has 1 amide bonds. The van der Waals surface area contributed by atoms with E-state index in [9.17, 15) is 9.59 Å². The van der Waals surface area contributed by atoms with Crippen LogP contribution in [0.5, 0.6) is 5.75 Å². The van der Waals surface area contributed by atoms with Gasteiger partial charge in [0.15, 0.2) is 0 Å². The second-order valence-corrected chi connectivity index (χ2v) is 5.62. The smallest absolute Gasteiger partial charge is 0.337 e. The highest BCUT2D eigenvalue weighted by molar-refractivity contribution is 6.00. The maximum atomic E-state index is 12.0. The topological polar surface area (TPSA) is 75.6 Å². The van der Waals surface area contributed by atoms with Gasteiger partial charge in [-0.2, -0.15) is 0 Å². The van der Waals surface area contributed by atoms with Crippen LogP contribution in [0.1, 0.15) is 34.3 Å². The van der Waals surface area contributed by atoms with Gasteiger partial charge in [-0.25, -0.2) is 4.79 Å². The summed E-state index contributed by atoms with van der Waals surface area (Å²) in [7, 11) is 0. The van der Waals surface area contributed by atoms with E-state index in [-0.39, 0.29) is 17.9 Å². The summed E-state index contributed by atoms with van der Waals surface area (Å²) in [4.78, 5) is 23.1. The normalized spacial score (nSPS) is 10.2. The number of carboxylic acid groups (broad SMARTS) is 1. The fourth-order valence-electron chi connectivity index (χ4n) is 2.37. The van der Waals surface area contributed by atoms with Crippen LogP contribution < -0.4 is 10.1 Å². The van der Waals surface area contributed by atoms with Crippen molar-refractivity contribution in [3.8, 4) is 5.75 Å². The molecular weight excluding hydrogens is 306 g/mol. The molecule has 0 spiro atoms. The molecule has 2 aromatic carbocycles. The number of carbonyl (C=O) groups excluding carboxylic acids is 1. The van der Waals surface area contributed by atoms with Crippen molar-refractivity contribution < 1.29 is 19.4 Å². The number of hydrogen-bond acceptors (Lipinski definition) is 3. The zero-order valence-electron chi connectivity index (χ0n) is 13.8. The zero-order chi connectivity index (χ0) is 17.5. The van der Waals surface area contributed by atoms with Crippen molar-refractivity contribution in [3.63, 3.8) is 0 Å². The Balaban J connectivity index is 1.81. The standard InChI is InChI=1S/C19H21NO4/c1-13-9-10-17(14(2)12-13)24-11-5-8-18(21)20-16-7-4-3-6-15(16)19(22)23/h3-4,6-7,9-10,12H,5,8,11H2,1-2H3,(H,20,21)(H,22,23). The quantitative estimate of drug-likeness (QED) is 0.759. The maximum Gasteiger partial charge on any atom is 0.337 e. The molecular formula is C19H21NO4. The summed E-state index contributed by atoms with van der Waals surface area (Å²) >= 11 is 0. The van der Waals surface area contributed by atoms with E-state index in [1.165, 1.54) is 11.6 Å². The third-order valence-electron chi connectivity index (χ3n) is 3.57. The van der Waals surface area contributed by atoms with Crippen LogP contribution in [0.25, 0.3) is 0 Å². The van der Waals surface area contributed by atoms with Gasteiger partial charge >= 0.3 is 5.97 Å². The van der Waals surface area contributed by atoms with Gasteiger partial charge in [0.2, 0.25) is 5.91 Å². The Kier molecular flexibility index (Phi) is 5.95. The molecule has 0 unspecified atom stereocenters. The Morgan fingerprint density at radius 1 is 1.12 bits per heavy atom. The second-order valence-electron chi connectivity index (χ2n) is 5.62. The van der Waals surface area contributed by atoms with Crippen LogP contribution in [0.15, 0.2) is 42.5 Å². The third-order valence-corrected chi connectivity index (χ3v) is 3.57. The van der Waals surface area contributed by atoms with Gasteiger partial charge in [-0.05, 0) is 44.0 Å². The van der Waals surface area contributed by atoms with Crippen LogP contribution in [-0.2, 0) is 4.79 Å². The number of nitrogens with one attached hydrogen (secondary N) is 1. The van der Waals surface area contributed by atoms with E-state index in [1.54, 1.807) is 18.2 Å². The first-order valence-corrected chi connectivity index (χ1v) is 7.79. The molecule has 5 heteroatoms. The van der Waals surface area contributed by atoms with Crippen molar-refractivity contribution in [1.82, 2.24) is 0 Å². The molecule has 0 bridgehead atoms. The Morgan fingerprint density at radius 3 is 2.58 bits per heavy atom. The molecule has 0 saturated heterocycles. The first kappa shape index (κ1) is 17.5. The Bertz CT molecular complexity index is 740. The molecule has 2 aromatic rings. The highest BCUT2D eigenvalue weighted by Crippen LogP contribution is 2.19. The number of benzene rings is 2. The van der Waals surface area contributed by atoms with E-state index < -0.39 is 5.97 Å². The Hall–Kier alpha value is -2.82. The summed E-state index contributed by atoms with van der Waals surface area (Å²) < 4.78 is 5.68. The summed E-state index contributed by atoms with van der Waals surface area (Å²) in [6.45, 7) is 4.44. The number of rotatable bonds is 7. The van der Waals surface area contributed by atoms with Gasteiger partial charge in [-0.1, -0.05) is 29.8 Å². The molecule has 0 aromatic heterocycles. The minimum atomic E-state index is -1.07. The number of aryl methyl sites for hydroxylation is 2. The molecule has 0 atom stereocenters. The van der Waals surface area contributed by atoms with Crippen LogP contribution in [0.2, 0.25) is 0 Å². The third kappa shape index (κ3) is 4.84. The number of aromatic carboxylic acids is 1. The van der Waals surface area contributed by atoms with Gasteiger partial charge in [-0.15, -0.1) is 0 Å². The number of ether oxygens (including phenoxy) is 1. The minimum absolute atomic E-state index is 0.0809. The van der Waals surface area contributed by atoms with Gasteiger partial charge in [0.25, 0.3) is 0 Å². The molecule has 0 heterocycles. The highest BCUT2D eigenvalue weighted by atomic mass is 16.5. The number of carbonyl (C=O) groups is 2. The summed E-state index contributed by atoms with van der Waals surface area (Å²) in [6, 6.07) is 12.3. The first-order valence-electron chi connectivity index (χ1n) is 7.79. The van der Waals surface area contributed by atoms with Gasteiger partial charge in [0, 0.05) is 6.42 Å². The fourth-order valence-corrected chi connectivity index (χ4v) is 2.37. The van der Waals surface area contributed by atoms with Crippen LogP contribution in [0.3, 0.4) is 0 Å². The van der Waals surface area contributed by atoms with E-state index in [0.29, 0.717) is 18.7 Å². The van der Waals surface area contributed by atoms with Crippen LogP contribution in [-0.4, -0.2) is 23.6 Å². The van der Waals surface area contributed by atoms with Crippen molar-refractivity contribution in [2.75, 3.05) is 11.9 Å². The first-order chi connectivity index (χ1) is 11.5. The monoisotopic (exact) mass is 327 g/mol. The lowest BCUT2D eigenvalue weighted by molar-refractivity contribution is -0.116. The number of amides is 1. The van der Waals surface area contributed by atoms with Crippen molar-refractivity contribution >= 4 is 17.6 Å². The van der Waals surface area contributed by atoms with Gasteiger partial charge in [-0.3, -0.25) is 4.79 Å². The summed E-state index contributed by atoms with van der Waals surface area (Å²) in [6.07, 6.45) is 0.813. The SMILES string of the molecule is Cc1ccc(OCCCC(=O)Nc2ccccc2C(=O)O)c(C)c1. The van der Waals surface area contributed by atoms with Crippen molar-refractivity contribution in [2.45, 2.75) is 26.7 Å². The molecule has 2 rings (SSSR count). The van der Waals surface area contributed by atoms with Crippen LogP contribution in [0, 0.1) is 13.8 Å². The van der Waals surface area contributed by atoms with E-state index in [4.69, 9.17) is 9.84 Å². The van der Waals surface area contributed by atoms with Gasteiger partial charge in [0.1, 0.15) is 5.75 Å². The van der Waals surface area contributed by atoms with E-state index in [1.807, 2.05) is 32.0 Å². The lowest BCUT2D eigenvalue weighted by Gasteiger charge is -2.10.